The normalized spacial score (nSPS) is 49.9. The molecular weight excluding hydrogens is 172 g/mol. The van der Waals surface area contributed by atoms with Gasteiger partial charge in [-0.3, -0.25) is 0 Å². The molecule has 0 unspecified atom stereocenters. The zero-order valence-electron chi connectivity index (χ0n) is 9.30. The molecule has 0 aromatic heterocycles. The Labute approximate surface area is 87.2 Å². The lowest BCUT2D eigenvalue weighted by atomic mass is 9.54. The van der Waals surface area contributed by atoms with Crippen molar-refractivity contribution in [1.29, 1.82) is 0 Å². The third-order valence-corrected chi connectivity index (χ3v) is 4.59. The molecule has 0 saturated heterocycles. The molecule has 0 atom stereocenters. The van der Waals surface area contributed by atoms with Gasteiger partial charge in [0.05, 0.1) is 5.60 Å². The van der Waals surface area contributed by atoms with Gasteiger partial charge < -0.3 is 4.74 Å². The van der Waals surface area contributed by atoms with Gasteiger partial charge in [-0.05, 0) is 62.7 Å². The topological polar surface area (TPSA) is 9.23 Å². The summed E-state index contributed by atoms with van der Waals surface area (Å²) in [4.78, 5) is 0. The summed E-state index contributed by atoms with van der Waals surface area (Å²) in [5.74, 6) is 3.08. The maximum atomic E-state index is 6.19. The molecule has 0 aromatic carbocycles. The van der Waals surface area contributed by atoms with Gasteiger partial charge >= 0.3 is 0 Å². The van der Waals surface area contributed by atoms with E-state index in [-0.39, 0.29) is 0 Å². The van der Waals surface area contributed by atoms with Crippen molar-refractivity contribution in [2.75, 3.05) is 6.61 Å². The second kappa shape index (κ2) is 3.23. The van der Waals surface area contributed by atoms with E-state index in [0.717, 1.165) is 24.4 Å². The van der Waals surface area contributed by atoms with Crippen molar-refractivity contribution in [3.63, 3.8) is 0 Å². The molecule has 0 spiro atoms. The molecule has 1 nitrogen and oxygen atoms in total. The van der Waals surface area contributed by atoms with Crippen molar-refractivity contribution >= 4 is 0 Å². The molecule has 1 heteroatoms. The van der Waals surface area contributed by atoms with Gasteiger partial charge in [0.2, 0.25) is 0 Å². The molecule has 14 heavy (non-hydrogen) atoms. The Bertz CT molecular complexity index is 186. The van der Waals surface area contributed by atoms with Gasteiger partial charge in [0.1, 0.15) is 0 Å². The first kappa shape index (κ1) is 9.21. The second-order valence-corrected chi connectivity index (χ2v) is 5.95. The number of rotatable bonds is 3. The van der Waals surface area contributed by atoms with Gasteiger partial charge in [-0.2, -0.15) is 0 Å². The highest BCUT2D eigenvalue weighted by Gasteiger charge is 2.51. The fourth-order valence-corrected chi connectivity index (χ4v) is 4.53. The summed E-state index contributed by atoms with van der Waals surface area (Å²) in [5, 5.41) is 0. The van der Waals surface area contributed by atoms with Crippen LogP contribution >= 0.6 is 0 Å². The maximum absolute atomic E-state index is 6.19. The van der Waals surface area contributed by atoms with Crippen LogP contribution < -0.4 is 0 Å². The first-order chi connectivity index (χ1) is 6.80. The largest absolute Gasteiger partial charge is 0.375 e. The molecule has 0 aliphatic heterocycles. The van der Waals surface area contributed by atoms with Crippen LogP contribution in [0.15, 0.2) is 0 Å². The molecule has 0 heterocycles. The quantitative estimate of drug-likeness (QED) is 0.669. The Kier molecular flexibility index (Phi) is 2.12. The fraction of sp³-hybridized carbons (Fsp3) is 1.00. The highest BCUT2D eigenvalue weighted by molar-refractivity contribution is 5.02. The molecule has 4 rings (SSSR count). The van der Waals surface area contributed by atoms with E-state index in [2.05, 4.69) is 6.92 Å². The van der Waals surface area contributed by atoms with Gasteiger partial charge in [-0.15, -0.1) is 0 Å². The third kappa shape index (κ3) is 1.41. The summed E-state index contributed by atoms with van der Waals surface area (Å²) in [6.07, 6.45) is 9.91. The van der Waals surface area contributed by atoms with E-state index in [9.17, 15) is 0 Å². The Balaban J connectivity index is 1.74. The number of hydrogen-bond donors (Lipinski definition) is 0. The maximum Gasteiger partial charge on any atom is 0.0690 e. The summed E-state index contributed by atoms with van der Waals surface area (Å²) in [5.41, 5.74) is 0.352. The van der Waals surface area contributed by atoms with Crippen LogP contribution in [-0.4, -0.2) is 12.2 Å². The molecule has 0 radical (unpaired) electrons. The number of ether oxygens (including phenoxy) is 1. The van der Waals surface area contributed by atoms with E-state index < -0.39 is 0 Å². The Morgan fingerprint density at radius 2 is 1.50 bits per heavy atom. The van der Waals surface area contributed by atoms with Crippen LogP contribution in [0, 0.1) is 17.8 Å². The summed E-state index contributed by atoms with van der Waals surface area (Å²) in [7, 11) is 0. The van der Waals surface area contributed by atoms with Crippen LogP contribution in [0.25, 0.3) is 0 Å². The molecule has 4 aliphatic rings. The average Bonchev–Trinajstić information content (AvgIpc) is 2.12. The van der Waals surface area contributed by atoms with Crippen molar-refractivity contribution in [1.82, 2.24) is 0 Å². The van der Waals surface area contributed by atoms with E-state index in [1.165, 1.54) is 44.9 Å². The molecule has 4 aliphatic carbocycles. The molecule has 4 fully saturated rings. The van der Waals surface area contributed by atoms with Crippen LogP contribution in [0.2, 0.25) is 0 Å². The smallest absolute Gasteiger partial charge is 0.0690 e. The predicted molar refractivity (Wildman–Crippen MR) is 57.1 cm³/mol. The lowest BCUT2D eigenvalue weighted by Gasteiger charge is -2.56. The van der Waals surface area contributed by atoms with Crippen molar-refractivity contribution in [3.8, 4) is 0 Å². The first-order valence-corrected chi connectivity index (χ1v) is 6.43. The Morgan fingerprint density at radius 1 is 1.00 bits per heavy atom. The number of hydrogen-bond acceptors (Lipinski definition) is 1. The minimum atomic E-state index is 0.352. The minimum absolute atomic E-state index is 0.352. The standard InChI is InChI=1S/C13H22O/c1-2-3-14-13-7-10-4-11(8-13)6-12(5-10)9-13/h10-12H,2-9H2,1H3. The van der Waals surface area contributed by atoms with E-state index in [0.29, 0.717) is 5.60 Å². The van der Waals surface area contributed by atoms with Gasteiger partial charge in [0, 0.05) is 6.61 Å². The fourth-order valence-electron chi connectivity index (χ4n) is 4.53. The Hall–Kier alpha value is -0.0400. The van der Waals surface area contributed by atoms with Crippen LogP contribution in [-0.2, 0) is 4.74 Å². The zero-order chi connectivity index (χ0) is 9.60. The van der Waals surface area contributed by atoms with Gasteiger partial charge in [-0.1, -0.05) is 6.92 Å². The van der Waals surface area contributed by atoms with Crippen LogP contribution in [0.3, 0.4) is 0 Å². The minimum Gasteiger partial charge on any atom is -0.375 e. The molecule has 0 amide bonds. The molecule has 0 N–H and O–H groups in total. The van der Waals surface area contributed by atoms with Gasteiger partial charge in [0.15, 0.2) is 0 Å². The zero-order valence-corrected chi connectivity index (χ0v) is 9.30. The average molecular weight is 194 g/mol. The van der Waals surface area contributed by atoms with E-state index in [4.69, 9.17) is 4.74 Å². The monoisotopic (exact) mass is 194 g/mol. The lowest BCUT2D eigenvalue weighted by Crippen LogP contribution is -2.52. The van der Waals surface area contributed by atoms with Crippen LogP contribution in [0.4, 0.5) is 0 Å². The molecule has 4 bridgehead atoms. The van der Waals surface area contributed by atoms with E-state index in [1.807, 2.05) is 0 Å². The van der Waals surface area contributed by atoms with Gasteiger partial charge in [0.25, 0.3) is 0 Å². The van der Waals surface area contributed by atoms with Crippen LogP contribution in [0.5, 0.6) is 0 Å². The highest BCUT2D eigenvalue weighted by atomic mass is 16.5. The van der Waals surface area contributed by atoms with Crippen molar-refractivity contribution in [2.24, 2.45) is 17.8 Å². The van der Waals surface area contributed by atoms with Crippen molar-refractivity contribution in [2.45, 2.75) is 57.5 Å². The third-order valence-electron chi connectivity index (χ3n) is 4.59. The second-order valence-electron chi connectivity index (χ2n) is 5.95. The SMILES string of the molecule is CCCOC12CC3CC(CC(C3)C1)C2. The van der Waals surface area contributed by atoms with Crippen molar-refractivity contribution < 1.29 is 4.74 Å². The van der Waals surface area contributed by atoms with Gasteiger partial charge in [-0.25, -0.2) is 0 Å². The highest BCUT2D eigenvalue weighted by Crippen LogP contribution is 2.57. The predicted octanol–water partition coefficient (Wildman–Crippen LogP) is 3.38. The Morgan fingerprint density at radius 3 is 1.93 bits per heavy atom. The molecule has 0 aromatic rings. The molecule has 4 saturated carbocycles. The first-order valence-electron chi connectivity index (χ1n) is 6.43. The summed E-state index contributed by atoms with van der Waals surface area (Å²) in [6, 6.07) is 0. The summed E-state index contributed by atoms with van der Waals surface area (Å²) >= 11 is 0. The van der Waals surface area contributed by atoms with E-state index in [1.54, 1.807) is 0 Å². The van der Waals surface area contributed by atoms with Crippen molar-refractivity contribution in [3.05, 3.63) is 0 Å². The summed E-state index contributed by atoms with van der Waals surface area (Å²) < 4.78 is 6.19. The van der Waals surface area contributed by atoms with E-state index >= 15 is 0 Å². The summed E-state index contributed by atoms with van der Waals surface area (Å²) in [6.45, 7) is 3.21. The van der Waals surface area contributed by atoms with Crippen LogP contribution in [0.1, 0.15) is 51.9 Å². The molecule has 80 valence electrons. The lowest BCUT2D eigenvalue weighted by molar-refractivity contribution is -0.162. The molecular formula is C13H22O.